The van der Waals surface area contributed by atoms with Crippen molar-refractivity contribution >= 4 is 38.7 Å². The Morgan fingerprint density at radius 2 is 1.44 bits per heavy atom. The van der Waals surface area contributed by atoms with Crippen LogP contribution in [0.4, 0.5) is 17.2 Å². The molecule has 7 rings (SSSR count). The molecule has 0 bridgehead atoms. The summed E-state index contributed by atoms with van der Waals surface area (Å²) in [6.45, 7) is 0. The highest BCUT2D eigenvalue weighted by molar-refractivity contribution is 7.21. The molecule has 4 nitrogen and oxygen atoms in total. The topological polar surface area (TPSA) is 49.3 Å². The minimum Gasteiger partial charge on any atom is -0.507 e. The highest BCUT2D eigenvalue weighted by Crippen LogP contribution is 2.41. The number of para-hydroxylation sites is 3. The Bertz CT molecular complexity index is 1790. The molecule has 39 heavy (non-hydrogen) atoms. The molecule has 0 saturated heterocycles. The van der Waals surface area contributed by atoms with Gasteiger partial charge in [0.1, 0.15) is 16.6 Å². The first-order chi connectivity index (χ1) is 19.2. The fraction of sp³-hybridized carbons (Fsp3) is 0.118. The molecular formula is C34H27N3OS. The maximum absolute atomic E-state index is 10.4. The lowest BCUT2D eigenvalue weighted by molar-refractivity contribution is 0.477. The van der Waals surface area contributed by atoms with E-state index in [0.29, 0.717) is 0 Å². The molecule has 6 aromatic rings. The van der Waals surface area contributed by atoms with E-state index in [-0.39, 0.29) is 5.75 Å². The first-order valence-electron chi connectivity index (χ1n) is 13.4. The zero-order valence-electron chi connectivity index (χ0n) is 21.4. The molecule has 0 unspecified atom stereocenters. The lowest BCUT2D eigenvalue weighted by Crippen LogP contribution is -2.13. The molecule has 0 aliphatic heterocycles. The summed E-state index contributed by atoms with van der Waals surface area (Å²) < 4.78 is 1.09. The normalized spacial score (nSPS) is 12.8. The van der Waals surface area contributed by atoms with Crippen LogP contribution >= 0.6 is 11.3 Å². The van der Waals surface area contributed by atoms with E-state index in [4.69, 9.17) is 9.97 Å². The molecule has 190 valence electrons. The number of hydrogen-bond donors (Lipinski definition) is 1. The predicted octanol–water partition coefficient (Wildman–Crippen LogP) is 9.08. The van der Waals surface area contributed by atoms with Gasteiger partial charge in [0.25, 0.3) is 0 Å². The quantitative estimate of drug-likeness (QED) is 0.244. The molecule has 1 N–H and O–H groups in total. The van der Waals surface area contributed by atoms with Gasteiger partial charge in [0.15, 0.2) is 0 Å². The van der Waals surface area contributed by atoms with Crippen molar-refractivity contribution in [3.8, 4) is 27.4 Å². The minimum absolute atomic E-state index is 0.246. The number of fused-ring (bicyclic) bond motifs is 2. The van der Waals surface area contributed by atoms with Crippen molar-refractivity contribution in [1.29, 1.82) is 0 Å². The SMILES string of the molecule is Oc1ccccc1-c1nc2c(-c3cccc(N(c4ccccc4)c4cc5c(cn4)CCCC5)c3)cccc2s1. The number of phenolic OH excluding ortho intramolecular Hbond substituents is 1. The van der Waals surface area contributed by atoms with Gasteiger partial charge in [-0.05, 0) is 90.9 Å². The number of phenols is 1. The lowest BCUT2D eigenvalue weighted by Gasteiger charge is -2.26. The Kier molecular flexibility index (Phi) is 6.06. The summed E-state index contributed by atoms with van der Waals surface area (Å²) in [4.78, 5) is 12.2. The van der Waals surface area contributed by atoms with Crippen LogP contribution in [0.5, 0.6) is 5.75 Å². The predicted molar refractivity (Wildman–Crippen MR) is 161 cm³/mol. The highest BCUT2D eigenvalue weighted by Gasteiger charge is 2.19. The number of benzene rings is 4. The Morgan fingerprint density at radius 1 is 0.692 bits per heavy atom. The summed E-state index contributed by atoms with van der Waals surface area (Å²) in [5.41, 5.74) is 8.77. The summed E-state index contributed by atoms with van der Waals surface area (Å²) in [6.07, 6.45) is 6.77. The van der Waals surface area contributed by atoms with Crippen molar-refractivity contribution in [3.63, 3.8) is 0 Å². The van der Waals surface area contributed by atoms with E-state index >= 15 is 0 Å². The fourth-order valence-electron chi connectivity index (χ4n) is 5.48. The summed E-state index contributed by atoms with van der Waals surface area (Å²) in [5.74, 6) is 1.18. The molecular weight excluding hydrogens is 498 g/mol. The first kappa shape index (κ1) is 23.6. The van der Waals surface area contributed by atoms with Gasteiger partial charge < -0.3 is 5.11 Å². The van der Waals surface area contributed by atoms with Crippen LogP contribution in [0.25, 0.3) is 31.9 Å². The van der Waals surface area contributed by atoms with Crippen LogP contribution in [-0.2, 0) is 12.8 Å². The third-order valence-corrected chi connectivity index (χ3v) is 8.48. The van der Waals surface area contributed by atoms with E-state index in [1.807, 2.05) is 24.3 Å². The molecule has 0 fully saturated rings. The molecule has 0 saturated carbocycles. The van der Waals surface area contributed by atoms with Crippen molar-refractivity contribution < 1.29 is 5.11 Å². The van der Waals surface area contributed by atoms with Crippen molar-refractivity contribution in [1.82, 2.24) is 9.97 Å². The van der Waals surface area contributed by atoms with Gasteiger partial charge in [-0.3, -0.25) is 4.90 Å². The molecule has 1 aliphatic carbocycles. The van der Waals surface area contributed by atoms with E-state index in [0.717, 1.165) is 61.9 Å². The molecule has 2 aromatic heterocycles. The summed E-state index contributed by atoms with van der Waals surface area (Å²) >= 11 is 1.60. The van der Waals surface area contributed by atoms with Crippen molar-refractivity contribution in [2.24, 2.45) is 0 Å². The Morgan fingerprint density at radius 3 is 2.31 bits per heavy atom. The van der Waals surface area contributed by atoms with Gasteiger partial charge in [-0.2, -0.15) is 0 Å². The van der Waals surface area contributed by atoms with Crippen LogP contribution in [0, 0.1) is 0 Å². The monoisotopic (exact) mass is 525 g/mol. The van der Waals surface area contributed by atoms with Crippen LogP contribution in [0.2, 0.25) is 0 Å². The molecule has 0 radical (unpaired) electrons. The second-order valence-electron chi connectivity index (χ2n) is 9.93. The van der Waals surface area contributed by atoms with E-state index < -0.39 is 0 Å². The van der Waals surface area contributed by atoms with Gasteiger partial charge in [0.2, 0.25) is 0 Å². The van der Waals surface area contributed by atoms with Crippen molar-refractivity contribution in [3.05, 3.63) is 120 Å². The maximum Gasteiger partial charge on any atom is 0.137 e. The molecule has 5 heteroatoms. The molecule has 0 amide bonds. The third kappa shape index (κ3) is 4.45. The first-order valence-corrected chi connectivity index (χ1v) is 14.2. The molecule has 0 atom stereocenters. The smallest absolute Gasteiger partial charge is 0.137 e. The van der Waals surface area contributed by atoms with E-state index in [2.05, 4.69) is 83.9 Å². The number of aromatic nitrogens is 2. The number of nitrogens with zero attached hydrogens (tertiary/aromatic N) is 3. The largest absolute Gasteiger partial charge is 0.507 e. The van der Waals surface area contributed by atoms with Crippen LogP contribution < -0.4 is 4.90 Å². The third-order valence-electron chi connectivity index (χ3n) is 7.42. The van der Waals surface area contributed by atoms with Gasteiger partial charge in [-0.15, -0.1) is 11.3 Å². The Labute approximate surface area is 231 Å². The van der Waals surface area contributed by atoms with E-state index in [9.17, 15) is 5.11 Å². The fourth-order valence-corrected chi connectivity index (χ4v) is 6.50. The Balaban J connectivity index is 1.35. The number of aromatic hydroxyl groups is 1. The number of hydrogen-bond acceptors (Lipinski definition) is 5. The number of pyridine rings is 1. The Hall–Kier alpha value is -4.48. The number of rotatable bonds is 5. The molecule has 0 spiro atoms. The van der Waals surface area contributed by atoms with Crippen molar-refractivity contribution in [2.45, 2.75) is 25.7 Å². The van der Waals surface area contributed by atoms with Gasteiger partial charge in [0, 0.05) is 23.1 Å². The second kappa shape index (κ2) is 10.0. The zero-order valence-corrected chi connectivity index (χ0v) is 22.2. The average molecular weight is 526 g/mol. The number of thiazole rings is 1. The zero-order chi connectivity index (χ0) is 26.2. The number of anilines is 3. The lowest BCUT2D eigenvalue weighted by atomic mass is 9.93. The highest BCUT2D eigenvalue weighted by atomic mass is 32.1. The van der Waals surface area contributed by atoms with Gasteiger partial charge in [0.05, 0.1) is 15.8 Å². The van der Waals surface area contributed by atoms with Crippen LogP contribution in [0.1, 0.15) is 24.0 Å². The number of aryl methyl sites for hydroxylation is 2. The molecule has 1 aliphatic rings. The summed E-state index contributed by atoms with van der Waals surface area (Å²) in [5, 5.41) is 11.2. The second-order valence-corrected chi connectivity index (χ2v) is 11.0. The van der Waals surface area contributed by atoms with Gasteiger partial charge in [-0.1, -0.05) is 54.6 Å². The van der Waals surface area contributed by atoms with Gasteiger partial charge in [-0.25, -0.2) is 9.97 Å². The van der Waals surface area contributed by atoms with E-state index in [1.165, 1.54) is 24.0 Å². The molecule has 4 aromatic carbocycles. The molecule has 2 heterocycles. The van der Waals surface area contributed by atoms with Crippen LogP contribution in [0.3, 0.4) is 0 Å². The van der Waals surface area contributed by atoms with E-state index in [1.54, 1.807) is 17.4 Å². The van der Waals surface area contributed by atoms with Crippen LogP contribution in [-0.4, -0.2) is 15.1 Å². The summed E-state index contributed by atoms with van der Waals surface area (Å²) in [7, 11) is 0. The van der Waals surface area contributed by atoms with Gasteiger partial charge >= 0.3 is 0 Å². The standard InChI is InChI=1S/C34H27N3OS/c38-30-18-7-6-16-29(30)34-36-33-28(17-9-19-31(33)39-34)24-12-8-15-27(20-24)37(26-13-2-1-3-14-26)32-21-23-10-4-5-11-25(23)22-35-32/h1-3,6-9,12-22,38H,4-5,10-11H2. The van der Waals surface area contributed by atoms with Crippen LogP contribution in [0.15, 0.2) is 109 Å². The van der Waals surface area contributed by atoms with Crippen molar-refractivity contribution in [2.75, 3.05) is 4.90 Å². The maximum atomic E-state index is 10.4. The minimum atomic E-state index is 0.246. The summed E-state index contributed by atoms with van der Waals surface area (Å²) in [6, 6.07) is 35.0. The average Bonchev–Trinajstić information content (AvgIpc) is 3.43.